The summed E-state index contributed by atoms with van der Waals surface area (Å²) < 4.78 is 11.5. The second kappa shape index (κ2) is 9.19. The van der Waals surface area contributed by atoms with Crippen LogP contribution >= 0.6 is 0 Å². The van der Waals surface area contributed by atoms with Gasteiger partial charge in [-0.3, -0.25) is 4.79 Å². The van der Waals surface area contributed by atoms with Crippen LogP contribution in [0.4, 0.5) is 0 Å². The zero-order valence-corrected chi connectivity index (χ0v) is 19.7. The van der Waals surface area contributed by atoms with E-state index in [0.29, 0.717) is 33.2 Å². The van der Waals surface area contributed by atoms with Gasteiger partial charge < -0.3 is 24.1 Å². The largest absolute Gasteiger partial charge is 0.548 e. The maximum absolute atomic E-state index is 12.9. The van der Waals surface area contributed by atoms with Crippen LogP contribution in [0.1, 0.15) is 28.3 Å². The minimum Gasteiger partial charge on any atom is -0.548 e. The number of carboxylic acids is 1. The van der Waals surface area contributed by atoms with E-state index in [4.69, 9.17) is 8.83 Å². The Morgan fingerprint density at radius 3 is 2.25 bits per heavy atom. The van der Waals surface area contributed by atoms with Gasteiger partial charge in [0.15, 0.2) is 0 Å². The first kappa shape index (κ1) is 23.1. The molecule has 0 radical (unpaired) electrons. The zero-order chi connectivity index (χ0) is 25.4. The first-order chi connectivity index (χ1) is 17.3. The highest BCUT2D eigenvalue weighted by Gasteiger charge is 2.22. The van der Waals surface area contributed by atoms with Gasteiger partial charge >= 0.3 is 5.63 Å². The fourth-order valence-electron chi connectivity index (χ4n) is 4.54. The van der Waals surface area contributed by atoms with Crippen molar-refractivity contribution in [3.8, 4) is 11.1 Å². The Bertz CT molecular complexity index is 1670. The van der Waals surface area contributed by atoms with Crippen molar-refractivity contribution in [2.75, 3.05) is 0 Å². The van der Waals surface area contributed by atoms with Gasteiger partial charge in [-0.05, 0) is 36.6 Å². The molecule has 2 heterocycles. The molecular weight excluding hydrogens is 458 g/mol. The molecule has 0 saturated carbocycles. The molecule has 0 unspecified atom stereocenters. The number of carbonyl (C=O) groups is 2. The van der Waals surface area contributed by atoms with E-state index in [1.54, 1.807) is 43.5 Å². The van der Waals surface area contributed by atoms with E-state index in [1.165, 1.54) is 0 Å². The highest BCUT2D eigenvalue weighted by molar-refractivity contribution is 6.05. The van der Waals surface area contributed by atoms with Crippen LogP contribution in [0.2, 0.25) is 0 Å². The van der Waals surface area contributed by atoms with E-state index >= 15 is 0 Å². The number of hydrogen-bond acceptors (Lipinski definition) is 6. The third-order valence-corrected chi connectivity index (χ3v) is 6.44. The fourth-order valence-corrected chi connectivity index (χ4v) is 4.54. The second-order valence-electron chi connectivity index (χ2n) is 8.67. The molecule has 7 nitrogen and oxygen atoms in total. The normalized spacial score (nSPS) is 12.1. The predicted molar refractivity (Wildman–Crippen MR) is 133 cm³/mol. The third-order valence-electron chi connectivity index (χ3n) is 6.44. The van der Waals surface area contributed by atoms with E-state index in [0.717, 1.165) is 16.5 Å². The van der Waals surface area contributed by atoms with Gasteiger partial charge in [-0.1, -0.05) is 60.7 Å². The maximum atomic E-state index is 12.9. The highest BCUT2D eigenvalue weighted by Crippen LogP contribution is 2.37. The van der Waals surface area contributed by atoms with Crippen LogP contribution in [0.5, 0.6) is 0 Å². The molecule has 36 heavy (non-hydrogen) atoms. The smallest absolute Gasteiger partial charge is 0.340 e. The molecule has 0 fully saturated rings. The van der Waals surface area contributed by atoms with Crippen LogP contribution < -0.4 is 16.0 Å². The fraction of sp³-hybridized carbons (Fsp3) is 0.138. The average Bonchev–Trinajstić information content (AvgIpc) is 3.31. The molecule has 1 amide bonds. The van der Waals surface area contributed by atoms with Gasteiger partial charge in [-0.15, -0.1) is 0 Å². The van der Waals surface area contributed by atoms with Crippen LogP contribution in [0.15, 0.2) is 86.6 Å². The lowest BCUT2D eigenvalue weighted by molar-refractivity contribution is -0.308. The summed E-state index contributed by atoms with van der Waals surface area (Å²) in [4.78, 5) is 37.4. The molecule has 0 spiro atoms. The quantitative estimate of drug-likeness (QED) is 0.368. The molecule has 0 aliphatic carbocycles. The van der Waals surface area contributed by atoms with Crippen LogP contribution in [-0.4, -0.2) is 11.9 Å². The Balaban J connectivity index is 1.55. The summed E-state index contributed by atoms with van der Waals surface area (Å²) in [7, 11) is 0. The second-order valence-corrected chi connectivity index (χ2v) is 8.67. The number of aliphatic carboxylic acids is 1. The number of benzene rings is 3. The molecule has 0 saturated heterocycles. The number of furan rings is 1. The number of carboxylic acid groups (broad SMARTS) is 1. The molecule has 0 bridgehead atoms. The van der Waals surface area contributed by atoms with E-state index < -0.39 is 23.5 Å². The number of nitrogens with one attached hydrogen (secondary N) is 1. The lowest BCUT2D eigenvalue weighted by Gasteiger charge is -2.20. The SMILES string of the molecule is Cc1c(CC(=O)N[C@H](C(=O)[O-])c2ccccc2)c(=O)oc2c(C)c3occ(-c4ccccc4)c3cc12. The van der Waals surface area contributed by atoms with Crippen molar-refractivity contribution in [1.82, 2.24) is 5.32 Å². The first-order valence-electron chi connectivity index (χ1n) is 11.4. The molecule has 0 aliphatic rings. The molecular formula is C29H22NO6-. The molecule has 0 aliphatic heterocycles. The van der Waals surface area contributed by atoms with E-state index in [2.05, 4.69) is 5.32 Å². The monoisotopic (exact) mass is 480 g/mol. The van der Waals surface area contributed by atoms with Gasteiger partial charge in [0.1, 0.15) is 11.2 Å². The Kier molecular flexibility index (Phi) is 5.90. The van der Waals surface area contributed by atoms with Gasteiger partial charge in [-0.25, -0.2) is 4.79 Å². The number of amides is 1. The number of rotatable bonds is 6. The Labute approximate surface area is 206 Å². The summed E-state index contributed by atoms with van der Waals surface area (Å²) in [6.07, 6.45) is 1.34. The Morgan fingerprint density at radius 1 is 0.917 bits per heavy atom. The molecule has 7 heteroatoms. The van der Waals surface area contributed by atoms with E-state index in [9.17, 15) is 19.5 Å². The van der Waals surface area contributed by atoms with Gasteiger partial charge in [-0.2, -0.15) is 0 Å². The standard InChI is InChI=1S/C29H23NO6/c1-16-20-13-22-23(18-9-5-3-6-10-18)15-35-26(22)17(2)27(20)36-29(34)21(16)14-24(31)30-25(28(32)33)19-11-7-4-8-12-19/h3-13,15,25H,14H2,1-2H3,(H,30,31)(H,32,33)/p-1/t25-/m0/s1. The summed E-state index contributed by atoms with van der Waals surface area (Å²) in [5, 5.41) is 15.7. The van der Waals surface area contributed by atoms with Crippen molar-refractivity contribution >= 4 is 33.8 Å². The number of carbonyl (C=O) groups excluding carboxylic acids is 2. The van der Waals surface area contributed by atoms with Crippen LogP contribution in [-0.2, 0) is 16.0 Å². The summed E-state index contributed by atoms with van der Waals surface area (Å²) in [6.45, 7) is 3.57. The van der Waals surface area contributed by atoms with Gasteiger partial charge in [0.05, 0.1) is 30.3 Å². The third kappa shape index (κ3) is 4.05. The van der Waals surface area contributed by atoms with Crippen molar-refractivity contribution in [1.29, 1.82) is 0 Å². The Morgan fingerprint density at radius 2 is 1.58 bits per heavy atom. The summed E-state index contributed by atoms with van der Waals surface area (Å²) in [6, 6.07) is 18.6. The van der Waals surface area contributed by atoms with Crippen LogP contribution in [0.25, 0.3) is 33.1 Å². The van der Waals surface area contributed by atoms with E-state index in [-0.39, 0.29) is 12.0 Å². The van der Waals surface area contributed by atoms with E-state index in [1.807, 2.05) is 43.3 Å². The van der Waals surface area contributed by atoms with Crippen molar-refractivity contribution in [2.24, 2.45) is 0 Å². The first-order valence-corrected chi connectivity index (χ1v) is 11.4. The number of hydrogen-bond donors (Lipinski definition) is 1. The summed E-state index contributed by atoms with van der Waals surface area (Å²) in [5.74, 6) is -2.07. The molecule has 5 rings (SSSR count). The molecule has 1 N–H and O–H groups in total. The summed E-state index contributed by atoms with van der Waals surface area (Å²) >= 11 is 0. The van der Waals surface area contributed by atoms with Crippen LogP contribution in [0.3, 0.4) is 0 Å². The van der Waals surface area contributed by atoms with Gasteiger partial charge in [0, 0.05) is 21.9 Å². The van der Waals surface area contributed by atoms with Crippen molar-refractivity contribution in [2.45, 2.75) is 26.3 Å². The molecule has 2 aromatic heterocycles. The number of aryl methyl sites for hydroxylation is 2. The average molecular weight is 480 g/mol. The molecule has 1 atom stereocenters. The molecule has 180 valence electrons. The number of fused-ring (bicyclic) bond motifs is 2. The zero-order valence-electron chi connectivity index (χ0n) is 19.7. The lowest BCUT2D eigenvalue weighted by atomic mass is 9.97. The Hall–Kier alpha value is -4.65. The predicted octanol–water partition coefficient (Wildman–Crippen LogP) is 3.97. The van der Waals surface area contributed by atoms with Crippen molar-refractivity contribution in [3.63, 3.8) is 0 Å². The van der Waals surface area contributed by atoms with Crippen molar-refractivity contribution < 1.29 is 23.5 Å². The topological polar surface area (TPSA) is 113 Å². The van der Waals surface area contributed by atoms with Crippen LogP contribution in [0, 0.1) is 13.8 Å². The van der Waals surface area contributed by atoms with Crippen molar-refractivity contribution in [3.05, 3.63) is 106 Å². The summed E-state index contributed by atoms with van der Waals surface area (Å²) in [5.41, 5.74) is 4.05. The highest BCUT2D eigenvalue weighted by atomic mass is 16.4. The minimum atomic E-state index is -1.44. The van der Waals surface area contributed by atoms with Gasteiger partial charge in [0.2, 0.25) is 5.91 Å². The van der Waals surface area contributed by atoms with Gasteiger partial charge in [0.25, 0.3) is 0 Å². The minimum absolute atomic E-state index is 0.161. The lowest BCUT2D eigenvalue weighted by Crippen LogP contribution is -2.42. The molecule has 3 aromatic carbocycles. The maximum Gasteiger partial charge on any atom is 0.340 e. The molecule has 5 aromatic rings.